The summed E-state index contributed by atoms with van der Waals surface area (Å²) in [6.45, 7) is 0.758. The van der Waals surface area contributed by atoms with Crippen molar-refractivity contribution >= 4 is 46.5 Å². The maximum absolute atomic E-state index is 12.6. The molecule has 0 bridgehead atoms. The van der Waals surface area contributed by atoms with E-state index in [4.69, 9.17) is 27.5 Å². The van der Waals surface area contributed by atoms with Crippen LogP contribution in [0.15, 0.2) is 23.1 Å². The molecule has 3 amide bonds. The molecule has 0 spiro atoms. The standard InChI is InChI=1S/C20H19ClN2O5S/c1-2-7-28-16-6-5-14(21)9-13(16)10-17-19(25)23(20(26)29-17)12-18(24)22-11-15-4-3-8-27-15/h1,5-6,9-10,15H,3-4,7-8,11-12H2,(H,22,24)/b17-10-/t15-/m0/s1. The maximum atomic E-state index is 12.6. The molecule has 7 nitrogen and oxygen atoms in total. The average Bonchev–Trinajstić information content (AvgIpc) is 3.30. The summed E-state index contributed by atoms with van der Waals surface area (Å²) in [6, 6.07) is 4.87. The van der Waals surface area contributed by atoms with E-state index in [9.17, 15) is 14.4 Å². The first-order chi connectivity index (χ1) is 14.0. The number of halogens is 1. The molecule has 9 heteroatoms. The second-order valence-corrected chi connectivity index (χ2v) is 7.81. The zero-order valence-corrected chi connectivity index (χ0v) is 17.1. The van der Waals surface area contributed by atoms with Crippen LogP contribution in [0.4, 0.5) is 4.79 Å². The summed E-state index contributed by atoms with van der Waals surface area (Å²) >= 11 is 6.79. The number of benzene rings is 1. The summed E-state index contributed by atoms with van der Waals surface area (Å²) in [7, 11) is 0. The van der Waals surface area contributed by atoms with Gasteiger partial charge in [0.05, 0.1) is 11.0 Å². The van der Waals surface area contributed by atoms with E-state index in [0.717, 1.165) is 29.5 Å². The van der Waals surface area contributed by atoms with Crippen LogP contribution in [-0.4, -0.2) is 54.4 Å². The molecule has 2 aliphatic heterocycles. The monoisotopic (exact) mass is 434 g/mol. The van der Waals surface area contributed by atoms with Crippen LogP contribution in [0, 0.1) is 12.3 Å². The fourth-order valence-electron chi connectivity index (χ4n) is 2.89. The molecule has 2 fully saturated rings. The lowest BCUT2D eigenvalue weighted by atomic mass is 10.2. The van der Waals surface area contributed by atoms with Crippen molar-refractivity contribution in [2.24, 2.45) is 0 Å². The fourth-order valence-corrected chi connectivity index (χ4v) is 3.90. The van der Waals surface area contributed by atoms with Crippen LogP contribution in [0.5, 0.6) is 5.75 Å². The minimum Gasteiger partial charge on any atom is -0.480 e. The number of ether oxygens (including phenoxy) is 2. The second kappa shape index (κ2) is 9.83. The van der Waals surface area contributed by atoms with Gasteiger partial charge in [0.15, 0.2) is 0 Å². The van der Waals surface area contributed by atoms with Crippen molar-refractivity contribution in [2.45, 2.75) is 18.9 Å². The number of nitrogens with one attached hydrogen (secondary N) is 1. The molecule has 29 heavy (non-hydrogen) atoms. The Kier molecular flexibility index (Phi) is 7.20. The molecule has 1 aromatic rings. The largest absolute Gasteiger partial charge is 0.480 e. The van der Waals surface area contributed by atoms with Crippen molar-refractivity contribution in [1.29, 1.82) is 0 Å². The van der Waals surface area contributed by atoms with E-state index in [-0.39, 0.29) is 24.2 Å². The predicted octanol–water partition coefficient (Wildman–Crippen LogP) is 2.68. The Morgan fingerprint density at radius 2 is 2.31 bits per heavy atom. The van der Waals surface area contributed by atoms with Gasteiger partial charge >= 0.3 is 0 Å². The highest BCUT2D eigenvalue weighted by molar-refractivity contribution is 8.18. The molecule has 1 aromatic carbocycles. The fraction of sp³-hybridized carbons (Fsp3) is 0.350. The number of imide groups is 1. The van der Waals surface area contributed by atoms with Crippen molar-refractivity contribution in [3.63, 3.8) is 0 Å². The van der Waals surface area contributed by atoms with Gasteiger partial charge in [-0.3, -0.25) is 19.3 Å². The van der Waals surface area contributed by atoms with E-state index in [0.29, 0.717) is 29.5 Å². The summed E-state index contributed by atoms with van der Waals surface area (Å²) in [5, 5.41) is 2.63. The van der Waals surface area contributed by atoms with E-state index < -0.39 is 17.1 Å². The first kappa shape index (κ1) is 21.2. The summed E-state index contributed by atoms with van der Waals surface area (Å²) in [6.07, 6.45) is 8.56. The minimum atomic E-state index is -0.546. The van der Waals surface area contributed by atoms with Crippen LogP contribution in [0.2, 0.25) is 5.02 Å². The first-order valence-electron chi connectivity index (χ1n) is 8.97. The Labute approximate surface area is 177 Å². The number of thioether (sulfide) groups is 1. The molecule has 0 unspecified atom stereocenters. The van der Waals surface area contributed by atoms with Gasteiger partial charge in [0.1, 0.15) is 18.9 Å². The lowest BCUT2D eigenvalue weighted by molar-refractivity contribution is -0.129. The zero-order chi connectivity index (χ0) is 20.8. The van der Waals surface area contributed by atoms with Gasteiger partial charge < -0.3 is 14.8 Å². The van der Waals surface area contributed by atoms with Gasteiger partial charge in [-0.15, -0.1) is 6.42 Å². The molecule has 2 heterocycles. The van der Waals surface area contributed by atoms with E-state index in [2.05, 4.69) is 11.2 Å². The summed E-state index contributed by atoms with van der Waals surface area (Å²) < 4.78 is 10.9. The maximum Gasteiger partial charge on any atom is 0.294 e. The minimum absolute atomic E-state index is 0.0157. The quantitative estimate of drug-likeness (QED) is 0.524. The normalized spacial score (nSPS) is 20.2. The molecule has 0 saturated carbocycles. The van der Waals surface area contributed by atoms with Crippen LogP contribution in [0.25, 0.3) is 6.08 Å². The third-order valence-electron chi connectivity index (χ3n) is 4.30. The Balaban J connectivity index is 1.67. The number of nitrogens with zero attached hydrogens (tertiary/aromatic N) is 1. The van der Waals surface area contributed by atoms with Gasteiger partial charge in [0.25, 0.3) is 11.1 Å². The van der Waals surface area contributed by atoms with Gasteiger partial charge in [-0.1, -0.05) is 17.5 Å². The Bertz CT molecular complexity index is 889. The highest BCUT2D eigenvalue weighted by atomic mass is 35.5. The third kappa shape index (κ3) is 5.54. The molecule has 0 aliphatic carbocycles. The molecular formula is C20H19ClN2O5S. The SMILES string of the molecule is C#CCOc1ccc(Cl)cc1/C=C1\SC(=O)N(CC(=O)NC[C@@H]2CCCO2)C1=O. The zero-order valence-electron chi connectivity index (χ0n) is 15.5. The molecule has 2 aliphatic rings. The van der Waals surface area contributed by atoms with Crippen LogP contribution < -0.4 is 10.1 Å². The van der Waals surface area contributed by atoms with Gasteiger partial charge in [-0.2, -0.15) is 0 Å². The van der Waals surface area contributed by atoms with Crippen molar-refractivity contribution < 1.29 is 23.9 Å². The van der Waals surface area contributed by atoms with Gasteiger partial charge in [-0.05, 0) is 48.9 Å². The molecule has 1 atom stereocenters. The summed E-state index contributed by atoms with van der Waals surface area (Å²) in [5.74, 6) is 1.84. The Morgan fingerprint density at radius 1 is 1.48 bits per heavy atom. The number of hydrogen-bond acceptors (Lipinski definition) is 6. The van der Waals surface area contributed by atoms with Crippen LogP contribution in [0.1, 0.15) is 18.4 Å². The van der Waals surface area contributed by atoms with Crippen molar-refractivity contribution in [3.8, 4) is 18.1 Å². The number of carbonyl (C=O) groups excluding carboxylic acids is 3. The molecule has 3 rings (SSSR count). The number of rotatable bonds is 7. The summed E-state index contributed by atoms with van der Waals surface area (Å²) in [5.41, 5.74) is 0.515. The number of terminal acetylenes is 1. The van der Waals surface area contributed by atoms with Crippen molar-refractivity contribution in [2.75, 3.05) is 26.3 Å². The Morgan fingerprint density at radius 3 is 3.03 bits per heavy atom. The van der Waals surface area contributed by atoms with E-state index >= 15 is 0 Å². The molecule has 0 aromatic heterocycles. The van der Waals surface area contributed by atoms with Crippen LogP contribution in [0.3, 0.4) is 0 Å². The van der Waals surface area contributed by atoms with E-state index in [1.54, 1.807) is 18.2 Å². The topological polar surface area (TPSA) is 84.9 Å². The lowest BCUT2D eigenvalue weighted by Gasteiger charge is -2.14. The van der Waals surface area contributed by atoms with Crippen molar-refractivity contribution in [3.05, 3.63) is 33.7 Å². The molecule has 1 N–H and O–H groups in total. The molecule has 2 saturated heterocycles. The van der Waals surface area contributed by atoms with Gasteiger partial charge in [0, 0.05) is 23.7 Å². The first-order valence-corrected chi connectivity index (χ1v) is 10.2. The van der Waals surface area contributed by atoms with E-state index in [1.807, 2.05) is 0 Å². The smallest absolute Gasteiger partial charge is 0.294 e. The third-order valence-corrected chi connectivity index (χ3v) is 5.44. The van der Waals surface area contributed by atoms with Crippen LogP contribution in [-0.2, 0) is 14.3 Å². The average molecular weight is 435 g/mol. The Hall–Kier alpha value is -2.47. The van der Waals surface area contributed by atoms with Gasteiger partial charge in [0.2, 0.25) is 5.91 Å². The highest BCUT2D eigenvalue weighted by Crippen LogP contribution is 2.34. The summed E-state index contributed by atoms with van der Waals surface area (Å²) in [4.78, 5) is 38.1. The number of carbonyl (C=O) groups is 3. The van der Waals surface area contributed by atoms with Gasteiger partial charge in [-0.25, -0.2) is 0 Å². The van der Waals surface area contributed by atoms with Crippen LogP contribution >= 0.6 is 23.4 Å². The molecule has 0 radical (unpaired) electrons. The van der Waals surface area contributed by atoms with Crippen molar-refractivity contribution in [1.82, 2.24) is 10.2 Å². The lowest BCUT2D eigenvalue weighted by Crippen LogP contribution is -2.41. The second-order valence-electron chi connectivity index (χ2n) is 6.38. The van der Waals surface area contributed by atoms with E-state index in [1.165, 1.54) is 6.08 Å². The highest BCUT2D eigenvalue weighted by Gasteiger charge is 2.36. The molecule has 152 valence electrons. The predicted molar refractivity (Wildman–Crippen MR) is 110 cm³/mol. The number of amides is 3. The molecular weight excluding hydrogens is 416 g/mol. The number of hydrogen-bond donors (Lipinski definition) is 1.